The second-order valence-electron chi connectivity index (χ2n) is 5.50. The summed E-state index contributed by atoms with van der Waals surface area (Å²) in [6.45, 7) is -2.77. The lowest BCUT2D eigenvalue weighted by molar-refractivity contribution is -0.403. The highest BCUT2D eigenvalue weighted by atomic mass is 19.4. The van der Waals surface area contributed by atoms with E-state index in [0.29, 0.717) is 12.8 Å². The Balaban J connectivity index is 2.14. The summed E-state index contributed by atoms with van der Waals surface area (Å²) in [5.74, 6) is 0.0349. The van der Waals surface area contributed by atoms with E-state index in [9.17, 15) is 26.3 Å². The van der Waals surface area contributed by atoms with Crippen LogP contribution in [0.25, 0.3) is 0 Å². The zero-order chi connectivity index (χ0) is 16.6. The number of allylic oxidation sites excluding steroid dienone is 1. The van der Waals surface area contributed by atoms with Gasteiger partial charge in [-0.3, -0.25) is 0 Å². The van der Waals surface area contributed by atoms with Crippen LogP contribution in [0.5, 0.6) is 0 Å². The second kappa shape index (κ2) is 6.01. The molecule has 0 aliphatic heterocycles. The van der Waals surface area contributed by atoms with Crippen LogP contribution in [0.15, 0.2) is 12.2 Å². The fourth-order valence-corrected chi connectivity index (χ4v) is 2.84. The summed E-state index contributed by atoms with van der Waals surface area (Å²) in [5, 5.41) is 0. The molecule has 0 aromatic carbocycles. The molecule has 2 bridgehead atoms. The van der Waals surface area contributed by atoms with Crippen molar-refractivity contribution in [2.24, 2.45) is 11.8 Å². The van der Waals surface area contributed by atoms with Crippen molar-refractivity contribution in [1.29, 1.82) is 0 Å². The zero-order valence-corrected chi connectivity index (χ0v) is 11.7. The Morgan fingerprint density at radius 3 is 2.05 bits per heavy atom. The van der Waals surface area contributed by atoms with E-state index in [1.165, 1.54) is 0 Å². The average molecular weight is 334 g/mol. The lowest BCUT2D eigenvalue weighted by Gasteiger charge is -2.37. The molecule has 9 heteroatoms. The number of rotatable bonds is 6. The Morgan fingerprint density at radius 1 is 1.00 bits per heavy atom. The Bertz CT molecular complexity index is 403. The third-order valence-electron chi connectivity index (χ3n) is 4.06. The molecule has 2 aliphatic carbocycles. The number of ether oxygens (including phenoxy) is 3. The molecule has 3 nitrogen and oxygen atoms in total. The van der Waals surface area contributed by atoms with Crippen molar-refractivity contribution in [3.63, 3.8) is 0 Å². The van der Waals surface area contributed by atoms with E-state index in [4.69, 9.17) is 4.74 Å². The molecule has 0 aromatic rings. The molecule has 0 heterocycles. The summed E-state index contributed by atoms with van der Waals surface area (Å²) in [6.07, 6.45) is -7.17. The quantitative estimate of drug-likeness (QED) is 0.423. The molecule has 0 amide bonds. The third-order valence-corrected chi connectivity index (χ3v) is 4.06. The first kappa shape index (κ1) is 17.6. The van der Waals surface area contributed by atoms with Gasteiger partial charge in [0.05, 0.1) is 12.7 Å². The van der Waals surface area contributed by atoms with E-state index >= 15 is 0 Å². The van der Waals surface area contributed by atoms with Crippen LogP contribution in [-0.4, -0.2) is 44.6 Å². The molecule has 3 atom stereocenters. The molecule has 2 aliphatic rings. The Hall–Kier alpha value is -0.800. The molecule has 0 aromatic heterocycles. The number of alkyl halides is 6. The molecule has 0 spiro atoms. The summed E-state index contributed by atoms with van der Waals surface area (Å²) < 4.78 is 91.6. The lowest BCUT2D eigenvalue weighted by Crippen LogP contribution is -2.62. The monoisotopic (exact) mass is 334 g/mol. The van der Waals surface area contributed by atoms with Crippen molar-refractivity contribution < 1.29 is 40.6 Å². The van der Waals surface area contributed by atoms with Crippen molar-refractivity contribution >= 4 is 0 Å². The Morgan fingerprint density at radius 2 is 1.64 bits per heavy atom. The fourth-order valence-electron chi connectivity index (χ4n) is 2.84. The number of fused-ring (bicyclic) bond motifs is 2. The van der Waals surface area contributed by atoms with Crippen LogP contribution in [0, 0.1) is 11.8 Å². The zero-order valence-electron chi connectivity index (χ0n) is 11.7. The smallest absolute Gasteiger partial charge is 0.374 e. The minimum atomic E-state index is -5.67. The molecule has 0 saturated heterocycles. The van der Waals surface area contributed by atoms with Gasteiger partial charge in [-0.1, -0.05) is 12.2 Å². The van der Waals surface area contributed by atoms with Crippen LogP contribution in [0.2, 0.25) is 0 Å². The first-order valence-corrected chi connectivity index (χ1v) is 6.67. The van der Waals surface area contributed by atoms with Crippen molar-refractivity contribution in [3.05, 3.63) is 12.2 Å². The lowest BCUT2D eigenvalue weighted by atomic mass is 10.0. The minimum absolute atomic E-state index is 0.133. The van der Waals surface area contributed by atoms with Crippen LogP contribution in [0.3, 0.4) is 0 Å². The van der Waals surface area contributed by atoms with Gasteiger partial charge in [0.2, 0.25) is 0 Å². The van der Waals surface area contributed by atoms with Gasteiger partial charge in [-0.2, -0.15) is 26.3 Å². The van der Waals surface area contributed by atoms with Crippen LogP contribution >= 0.6 is 0 Å². The first-order valence-electron chi connectivity index (χ1n) is 6.67. The molecule has 1 fully saturated rings. The van der Waals surface area contributed by atoms with Gasteiger partial charge in [-0.05, 0) is 18.8 Å². The molecule has 1 saturated carbocycles. The van der Waals surface area contributed by atoms with Crippen molar-refractivity contribution in [1.82, 2.24) is 0 Å². The van der Waals surface area contributed by atoms with Gasteiger partial charge in [0.15, 0.2) is 0 Å². The Labute approximate surface area is 123 Å². The van der Waals surface area contributed by atoms with Gasteiger partial charge in [0.25, 0.3) is 5.60 Å². The van der Waals surface area contributed by atoms with Gasteiger partial charge < -0.3 is 14.2 Å². The largest absolute Gasteiger partial charge is 0.428 e. The molecule has 22 heavy (non-hydrogen) atoms. The van der Waals surface area contributed by atoms with E-state index in [-0.39, 0.29) is 11.8 Å². The van der Waals surface area contributed by atoms with E-state index < -0.39 is 37.5 Å². The highest BCUT2D eigenvalue weighted by Crippen LogP contribution is 2.48. The highest BCUT2D eigenvalue weighted by molar-refractivity contribution is 5.11. The first-order chi connectivity index (χ1) is 10.1. The fraction of sp³-hybridized carbons (Fsp3) is 0.846. The predicted octanol–water partition coefficient (Wildman–Crippen LogP) is 3.45. The topological polar surface area (TPSA) is 27.7 Å². The Kier molecular flexibility index (Phi) is 4.79. The SMILES string of the molecule is COCOC(COC1CC2C=CC1C2)(C(F)(F)F)C(F)(F)F. The minimum Gasteiger partial charge on any atom is -0.374 e. The maximum absolute atomic E-state index is 13.1. The molecule has 128 valence electrons. The standard InChI is InChI=1S/C13H16F6O3/c1-20-7-22-11(12(14,15)16,13(17,18)19)6-21-10-5-8-2-3-9(10)4-8/h2-3,8-10H,4-7H2,1H3. The van der Waals surface area contributed by atoms with Gasteiger partial charge in [-0.15, -0.1) is 0 Å². The molecule has 3 unspecified atom stereocenters. The number of hydrogen-bond donors (Lipinski definition) is 0. The van der Waals surface area contributed by atoms with E-state index in [0.717, 1.165) is 7.11 Å². The van der Waals surface area contributed by atoms with Gasteiger partial charge in [0.1, 0.15) is 6.79 Å². The number of methoxy groups -OCH3 is 1. The summed E-state index contributed by atoms with van der Waals surface area (Å²) in [6, 6.07) is 0. The van der Waals surface area contributed by atoms with Gasteiger partial charge in [-0.25, -0.2) is 0 Å². The summed E-state index contributed by atoms with van der Waals surface area (Å²) >= 11 is 0. The summed E-state index contributed by atoms with van der Waals surface area (Å²) in [4.78, 5) is 0. The van der Waals surface area contributed by atoms with E-state index in [1.54, 1.807) is 6.08 Å². The molecule has 0 N–H and O–H groups in total. The summed E-state index contributed by atoms with van der Waals surface area (Å²) in [5.41, 5.74) is -4.39. The molecule has 0 radical (unpaired) electrons. The number of hydrogen-bond acceptors (Lipinski definition) is 3. The normalized spacial score (nSPS) is 28.6. The highest BCUT2D eigenvalue weighted by Gasteiger charge is 2.73. The molecule has 2 rings (SSSR count). The van der Waals surface area contributed by atoms with Crippen molar-refractivity contribution in [2.45, 2.75) is 36.9 Å². The van der Waals surface area contributed by atoms with Gasteiger partial charge >= 0.3 is 12.4 Å². The van der Waals surface area contributed by atoms with Crippen LogP contribution in [0.4, 0.5) is 26.3 Å². The van der Waals surface area contributed by atoms with Crippen LogP contribution in [-0.2, 0) is 14.2 Å². The molecular weight excluding hydrogens is 318 g/mol. The van der Waals surface area contributed by atoms with Crippen molar-refractivity contribution in [2.75, 3.05) is 20.5 Å². The maximum atomic E-state index is 13.1. The average Bonchev–Trinajstić information content (AvgIpc) is 2.98. The molecular formula is C13H16F6O3. The second-order valence-corrected chi connectivity index (χ2v) is 5.50. The maximum Gasteiger partial charge on any atom is 0.428 e. The van der Waals surface area contributed by atoms with Crippen LogP contribution < -0.4 is 0 Å². The number of halogens is 6. The van der Waals surface area contributed by atoms with Crippen LogP contribution in [0.1, 0.15) is 12.8 Å². The van der Waals surface area contributed by atoms with Crippen molar-refractivity contribution in [3.8, 4) is 0 Å². The van der Waals surface area contributed by atoms with E-state index in [1.807, 2.05) is 6.08 Å². The third kappa shape index (κ3) is 3.11. The summed E-state index contributed by atoms with van der Waals surface area (Å²) in [7, 11) is 0.944. The van der Waals surface area contributed by atoms with Gasteiger partial charge in [0, 0.05) is 13.0 Å². The predicted molar refractivity (Wildman–Crippen MR) is 62.9 cm³/mol. The van der Waals surface area contributed by atoms with E-state index in [2.05, 4.69) is 9.47 Å².